The summed E-state index contributed by atoms with van der Waals surface area (Å²) >= 11 is 0. The first-order chi connectivity index (χ1) is 10.1. The van der Waals surface area contributed by atoms with E-state index in [1.807, 2.05) is 22.8 Å². The zero-order chi connectivity index (χ0) is 14.8. The summed E-state index contributed by atoms with van der Waals surface area (Å²) in [6.45, 7) is 2.11. The van der Waals surface area contributed by atoms with Crippen LogP contribution in [0.5, 0.6) is 0 Å². The Hall–Kier alpha value is -2.62. The summed E-state index contributed by atoms with van der Waals surface area (Å²) in [6, 6.07) is 15.5. The molecule has 1 N–H and O–H groups in total. The number of carboxylic acid groups (broad SMARTS) is 1. The van der Waals surface area contributed by atoms with Gasteiger partial charge in [0.05, 0.1) is 22.9 Å². The maximum absolute atomic E-state index is 11.1. The van der Waals surface area contributed by atoms with Crippen LogP contribution in [0.4, 0.5) is 0 Å². The van der Waals surface area contributed by atoms with Crippen LogP contribution in [0.2, 0.25) is 0 Å². The number of fused-ring (bicyclic) bond motifs is 1. The molecule has 3 rings (SSSR count). The van der Waals surface area contributed by atoms with Crippen molar-refractivity contribution >= 4 is 17.0 Å². The quantitative estimate of drug-likeness (QED) is 0.795. The van der Waals surface area contributed by atoms with E-state index in [1.54, 1.807) is 24.5 Å². The molecule has 1 atom stereocenters. The number of nitrogens with zero attached hydrogens (tertiary/aromatic N) is 2. The van der Waals surface area contributed by atoms with Crippen molar-refractivity contribution in [2.75, 3.05) is 0 Å². The number of rotatable bonds is 4. The zero-order valence-electron chi connectivity index (χ0n) is 11.7. The molecule has 0 fully saturated rings. The Labute approximate surface area is 122 Å². The lowest BCUT2D eigenvalue weighted by Gasteiger charge is -2.14. The predicted octanol–water partition coefficient (Wildman–Crippen LogP) is 3.54. The fourth-order valence-corrected chi connectivity index (χ4v) is 2.56. The number of carbonyl (C=O) groups is 1. The number of hydrogen-bond donors (Lipinski definition) is 1. The molecule has 0 amide bonds. The van der Waals surface area contributed by atoms with Gasteiger partial charge in [-0.3, -0.25) is 0 Å². The molecule has 21 heavy (non-hydrogen) atoms. The fourth-order valence-electron chi connectivity index (χ4n) is 2.56. The van der Waals surface area contributed by atoms with E-state index >= 15 is 0 Å². The van der Waals surface area contributed by atoms with Crippen LogP contribution in [-0.4, -0.2) is 20.6 Å². The van der Waals surface area contributed by atoms with Crippen LogP contribution in [0.15, 0.2) is 54.9 Å². The molecular formula is C17H16N2O2. The Morgan fingerprint density at radius 2 is 2.00 bits per heavy atom. The van der Waals surface area contributed by atoms with E-state index in [2.05, 4.69) is 24.0 Å². The molecule has 3 aromatic rings. The molecule has 0 bridgehead atoms. The van der Waals surface area contributed by atoms with E-state index in [-0.39, 0.29) is 11.6 Å². The number of hydrogen-bond acceptors (Lipinski definition) is 2. The molecule has 4 nitrogen and oxygen atoms in total. The summed E-state index contributed by atoms with van der Waals surface area (Å²) in [4.78, 5) is 15.5. The summed E-state index contributed by atoms with van der Waals surface area (Å²) < 4.78 is 2.04. The largest absolute Gasteiger partial charge is 0.478 e. The Balaban J connectivity index is 1.96. The van der Waals surface area contributed by atoms with Gasteiger partial charge in [-0.25, -0.2) is 9.78 Å². The summed E-state index contributed by atoms with van der Waals surface area (Å²) in [5.74, 6) is -0.916. The first-order valence-corrected chi connectivity index (χ1v) is 6.89. The molecule has 1 aromatic heterocycles. The Bertz CT molecular complexity index is 778. The molecule has 4 heteroatoms. The SMILES string of the molecule is CC(Cc1ccccc1)n1cnc2ccc(C(=O)O)cc21. The van der Waals surface area contributed by atoms with Crippen LogP contribution in [0.3, 0.4) is 0 Å². The molecule has 2 aromatic carbocycles. The average Bonchev–Trinajstić information content (AvgIpc) is 2.91. The third-order valence-electron chi connectivity index (χ3n) is 3.67. The van der Waals surface area contributed by atoms with E-state index in [0.717, 1.165) is 17.5 Å². The second-order valence-corrected chi connectivity index (χ2v) is 5.20. The molecule has 0 saturated carbocycles. The zero-order valence-corrected chi connectivity index (χ0v) is 11.7. The maximum atomic E-state index is 11.1. The van der Waals surface area contributed by atoms with E-state index in [9.17, 15) is 4.79 Å². The van der Waals surface area contributed by atoms with Gasteiger partial charge in [-0.05, 0) is 37.1 Å². The molecule has 0 spiro atoms. The minimum Gasteiger partial charge on any atom is -0.478 e. The van der Waals surface area contributed by atoms with Gasteiger partial charge in [0.25, 0.3) is 0 Å². The highest BCUT2D eigenvalue weighted by Gasteiger charge is 2.12. The fraction of sp³-hybridized carbons (Fsp3) is 0.176. The van der Waals surface area contributed by atoms with Gasteiger partial charge in [0, 0.05) is 6.04 Å². The second kappa shape index (κ2) is 5.40. The summed E-state index contributed by atoms with van der Waals surface area (Å²) in [7, 11) is 0. The van der Waals surface area contributed by atoms with Crippen molar-refractivity contribution in [1.82, 2.24) is 9.55 Å². The lowest BCUT2D eigenvalue weighted by atomic mass is 10.1. The van der Waals surface area contributed by atoms with Gasteiger partial charge in [0.2, 0.25) is 0 Å². The van der Waals surface area contributed by atoms with E-state index in [1.165, 1.54) is 5.56 Å². The smallest absolute Gasteiger partial charge is 0.335 e. The maximum Gasteiger partial charge on any atom is 0.335 e. The Morgan fingerprint density at radius 3 is 2.71 bits per heavy atom. The molecule has 0 aliphatic carbocycles. The van der Waals surface area contributed by atoms with Crippen molar-refractivity contribution in [2.45, 2.75) is 19.4 Å². The monoisotopic (exact) mass is 280 g/mol. The van der Waals surface area contributed by atoms with Crippen LogP contribution < -0.4 is 0 Å². The second-order valence-electron chi connectivity index (χ2n) is 5.20. The first kappa shape index (κ1) is 13.4. The number of carboxylic acids is 1. The number of imidazole rings is 1. The van der Waals surface area contributed by atoms with Gasteiger partial charge < -0.3 is 9.67 Å². The van der Waals surface area contributed by atoms with Gasteiger partial charge in [-0.15, -0.1) is 0 Å². The van der Waals surface area contributed by atoms with Crippen molar-refractivity contribution in [2.24, 2.45) is 0 Å². The van der Waals surface area contributed by atoms with Crippen LogP contribution >= 0.6 is 0 Å². The van der Waals surface area contributed by atoms with Crippen molar-refractivity contribution in [1.29, 1.82) is 0 Å². The predicted molar refractivity (Wildman–Crippen MR) is 81.5 cm³/mol. The molecular weight excluding hydrogens is 264 g/mol. The van der Waals surface area contributed by atoms with Crippen LogP contribution in [0, 0.1) is 0 Å². The summed E-state index contributed by atoms with van der Waals surface area (Å²) in [5.41, 5.74) is 3.22. The highest BCUT2D eigenvalue weighted by atomic mass is 16.4. The van der Waals surface area contributed by atoms with E-state index < -0.39 is 5.97 Å². The lowest BCUT2D eigenvalue weighted by Crippen LogP contribution is -2.07. The lowest BCUT2D eigenvalue weighted by molar-refractivity contribution is 0.0697. The average molecular weight is 280 g/mol. The van der Waals surface area contributed by atoms with E-state index in [4.69, 9.17) is 5.11 Å². The van der Waals surface area contributed by atoms with Crippen LogP contribution in [0.1, 0.15) is 28.9 Å². The van der Waals surface area contributed by atoms with Gasteiger partial charge in [0.1, 0.15) is 0 Å². The highest BCUT2D eigenvalue weighted by Crippen LogP contribution is 2.22. The van der Waals surface area contributed by atoms with Crippen molar-refractivity contribution in [3.05, 3.63) is 66.0 Å². The molecule has 106 valence electrons. The third-order valence-corrected chi connectivity index (χ3v) is 3.67. The van der Waals surface area contributed by atoms with Crippen molar-refractivity contribution in [3.63, 3.8) is 0 Å². The normalized spacial score (nSPS) is 12.4. The number of aromatic nitrogens is 2. The summed E-state index contributed by atoms with van der Waals surface area (Å²) in [5, 5.41) is 9.12. The van der Waals surface area contributed by atoms with Gasteiger partial charge in [-0.1, -0.05) is 30.3 Å². The molecule has 0 aliphatic heterocycles. The third kappa shape index (κ3) is 2.65. The topological polar surface area (TPSA) is 55.1 Å². The van der Waals surface area contributed by atoms with Gasteiger partial charge >= 0.3 is 5.97 Å². The minimum absolute atomic E-state index is 0.210. The van der Waals surface area contributed by atoms with Crippen LogP contribution in [0.25, 0.3) is 11.0 Å². The van der Waals surface area contributed by atoms with Gasteiger partial charge in [-0.2, -0.15) is 0 Å². The molecule has 0 radical (unpaired) electrons. The molecule has 0 saturated heterocycles. The minimum atomic E-state index is -0.916. The number of aromatic carboxylic acids is 1. The van der Waals surface area contributed by atoms with Crippen molar-refractivity contribution in [3.8, 4) is 0 Å². The number of benzene rings is 2. The standard InChI is InChI=1S/C17H16N2O2/c1-12(9-13-5-3-2-4-6-13)19-11-18-15-8-7-14(17(20)21)10-16(15)19/h2-8,10-12H,9H2,1H3,(H,20,21). The van der Waals surface area contributed by atoms with Crippen molar-refractivity contribution < 1.29 is 9.90 Å². The molecule has 0 aliphatic rings. The first-order valence-electron chi connectivity index (χ1n) is 6.89. The molecule has 1 unspecified atom stereocenters. The Kier molecular flexibility index (Phi) is 3.44. The van der Waals surface area contributed by atoms with E-state index in [0.29, 0.717) is 0 Å². The van der Waals surface area contributed by atoms with Crippen LogP contribution in [-0.2, 0) is 6.42 Å². The summed E-state index contributed by atoms with van der Waals surface area (Å²) in [6.07, 6.45) is 2.66. The Morgan fingerprint density at radius 1 is 1.24 bits per heavy atom. The van der Waals surface area contributed by atoms with Gasteiger partial charge in [0.15, 0.2) is 0 Å². The molecule has 1 heterocycles. The highest BCUT2D eigenvalue weighted by molar-refractivity contribution is 5.92.